The molecule has 5 nitrogen and oxygen atoms in total. The van der Waals surface area contributed by atoms with E-state index in [1.165, 1.54) is 11.3 Å². The van der Waals surface area contributed by atoms with Gasteiger partial charge in [0.05, 0.1) is 11.4 Å². The van der Waals surface area contributed by atoms with E-state index in [4.69, 9.17) is 4.74 Å². The summed E-state index contributed by atoms with van der Waals surface area (Å²) >= 11 is 1.47. The van der Waals surface area contributed by atoms with Crippen molar-refractivity contribution in [2.75, 3.05) is 26.7 Å². The highest BCUT2D eigenvalue weighted by atomic mass is 32.1. The monoisotopic (exact) mass is 352 g/mol. The van der Waals surface area contributed by atoms with Crippen LogP contribution in [0.25, 0.3) is 0 Å². The van der Waals surface area contributed by atoms with Crippen LogP contribution in [-0.2, 0) is 4.74 Å². The van der Waals surface area contributed by atoms with Crippen LogP contribution >= 0.6 is 11.3 Å². The van der Waals surface area contributed by atoms with E-state index in [1.807, 2.05) is 55.1 Å². The molecule has 1 aliphatic rings. The SMILES string of the molecule is CN(CC(=O)c1cccs1)C[C@@H]1CCCCN1C(=O)OC(C)(C)C. The fourth-order valence-corrected chi connectivity index (χ4v) is 3.59. The van der Waals surface area contributed by atoms with Crippen LogP contribution in [-0.4, -0.2) is 60.0 Å². The highest BCUT2D eigenvalue weighted by Gasteiger charge is 2.31. The Morgan fingerprint density at radius 3 is 2.75 bits per heavy atom. The Hall–Kier alpha value is -1.40. The first-order chi connectivity index (χ1) is 11.3. The fraction of sp³-hybridized carbons (Fsp3) is 0.667. The Morgan fingerprint density at radius 1 is 1.38 bits per heavy atom. The molecule has 1 atom stereocenters. The van der Waals surface area contributed by atoms with E-state index in [9.17, 15) is 9.59 Å². The molecule has 0 unspecified atom stereocenters. The second-order valence-corrected chi connectivity index (χ2v) is 8.37. The molecule has 1 saturated heterocycles. The van der Waals surface area contributed by atoms with Crippen LogP contribution in [0.1, 0.15) is 49.7 Å². The van der Waals surface area contributed by atoms with E-state index in [0.717, 1.165) is 30.7 Å². The van der Waals surface area contributed by atoms with Crippen LogP contribution in [0.5, 0.6) is 0 Å². The van der Waals surface area contributed by atoms with E-state index in [2.05, 4.69) is 0 Å². The van der Waals surface area contributed by atoms with Gasteiger partial charge in [0.1, 0.15) is 5.60 Å². The predicted molar refractivity (Wildman–Crippen MR) is 96.7 cm³/mol. The molecule has 2 heterocycles. The molecule has 0 spiro atoms. The minimum absolute atomic E-state index is 0.106. The number of carbonyl (C=O) groups excluding carboxylic acids is 2. The number of carbonyl (C=O) groups is 2. The van der Waals surface area contributed by atoms with E-state index >= 15 is 0 Å². The van der Waals surface area contributed by atoms with Crippen molar-refractivity contribution in [2.24, 2.45) is 0 Å². The summed E-state index contributed by atoms with van der Waals surface area (Å²) in [4.78, 5) is 29.3. The van der Waals surface area contributed by atoms with Gasteiger partial charge in [0.25, 0.3) is 0 Å². The van der Waals surface area contributed by atoms with Crippen molar-refractivity contribution in [3.05, 3.63) is 22.4 Å². The van der Waals surface area contributed by atoms with Crippen LogP contribution in [0.4, 0.5) is 4.79 Å². The molecule has 0 bridgehead atoms. The Morgan fingerprint density at radius 2 is 2.12 bits per heavy atom. The lowest BCUT2D eigenvalue weighted by Crippen LogP contribution is -2.50. The van der Waals surface area contributed by atoms with Crippen LogP contribution < -0.4 is 0 Å². The Balaban J connectivity index is 1.92. The minimum atomic E-state index is -0.486. The molecular weight excluding hydrogens is 324 g/mol. The summed E-state index contributed by atoms with van der Waals surface area (Å²) in [7, 11) is 1.94. The highest BCUT2D eigenvalue weighted by Crippen LogP contribution is 2.21. The van der Waals surface area contributed by atoms with Gasteiger partial charge in [0.2, 0.25) is 0 Å². The van der Waals surface area contributed by atoms with Gasteiger partial charge in [0, 0.05) is 19.1 Å². The highest BCUT2D eigenvalue weighted by molar-refractivity contribution is 7.12. The summed E-state index contributed by atoms with van der Waals surface area (Å²) in [6.07, 6.45) is 2.83. The van der Waals surface area contributed by atoms with E-state index in [1.54, 1.807) is 0 Å². The molecule has 1 aromatic heterocycles. The number of likely N-dealkylation sites (tertiary alicyclic amines) is 1. The van der Waals surface area contributed by atoms with E-state index < -0.39 is 5.60 Å². The molecule has 0 N–H and O–H groups in total. The first kappa shape index (κ1) is 18.9. The molecule has 0 radical (unpaired) electrons. The van der Waals surface area contributed by atoms with Crippen LogP contribution in [0.15, 0.2) is 17.5 Å². The van der Waals surface area contributed by atoms with Crippen molar-refractivity contribution >= 4 is 23.2 Å². The topological polar surface area (TPSA) is 49.9 Å². The van der Waals surface area contributed by atoms with Gasteiger partial charge >= 0.3 is 6.09 Å². The number of nitrogens with zero attached hydrogens (tertiary/aromatic N) is 2. The fourth-order valence-electron chi connectivity index (χ4n) is 2.94. The van der Waals surface area contributed by atoms with Gasteiger partial charge in [-0.25, -0.2) is 4.79 Å². The zero-order valence-corrected chi connectivity index (χ0v) is 15.9. The molecule has 2 rings (SSSR count). The summed E-state index contributed by atoms with van der Waals surface area (Å²) in [6.45, 7) is 7.45. The van der Waals surface area contributed by atoms with Gasteiger partial charge in [-0.05, 0) is 58.5 Å². The number of piperidine rings is 1. The quantitative estimate of drug-likeness (QED) is 0.759. The summed E-state index contributed by atoms with van der Waals surface area (Å²) in [6, 6.07) is 3.85. The van der Waals surface area contributed by atoms with Gasteiger partial charge in [-0.3, -0.25) is 9.69 Å². The zero-order chi connectivity index (χ0) is 17.7. The summed E-state index contributed by atoms with van der Waals surface area (Å²) in [5.74, 6) is 0.132. The van der Waals surface area contributed by atoms with Gasteiger partial charge in [-0.1, -0.05) is 6.07 Å². The van der Waals surface area contributed by atoms with Gasteiger partial charge in [0.15, 0.2) is 5.78 Å². The summed E-state index contributed by atoms with van der Waals surface area (Å²) < 4.78 is 5.53. The number of amides is 1. The van der Waals surface area contributed by atoms with Gasteiger partial charge < -0.3 is 9.64 Å². The molecule has 6 heteroatoms. The molecule has 0 saturated carbocycles. The molecular formula is C18H28N2O3S. The third kappa shape index (κ3) is 5.60. The largest absolute Gasteiger partial charge is 0.444 e. The standard InChI is InChI=1S/C18H28N2O3S/c1-18(2,3)23-17(22)20-10-6-5-8-14(20)12-19(4)13-15(21)16-9-7-11-24-16/h7,9,11,14H,5-6,8,10,12-13H2,1-4H3/t14-/m0/s1. The van der Waals surface area contributed by atoms with E-state index in [-0.39, 0.29) is 17.9 Å². The number of thiophene rings is 1. The molecule has 1 amide bonds. The molecule has 0 aliphatic carbocycles. The first-order valence-corrected chi connectivity index (χ1v) is 9.39. The molecule has 0 aromatic carbocycles. The maximum Gasteiger partial charge on any atom is 0.410 e. The average molecular weight is 353 g/mol. The van der Waals surface area contributed by atoms with Crippen molar-refractivity contribution in [1.29, 1.82) is 0 Å². The molecule has 24 heavy (non-hydrogen) atoms. The van der Waals surface area contributed by atoms with Crippen molar-refractivity contribution < 1.29 is 14.3 Å². The first-order valence-electron chi connectivity index (χ1n) is 8.51. The van der Waals surface area contributed by atoms with Crippen molar-refractivity contribution in [2.45, 2.75) is 51.7 Å². The van der Waals surface area contributed by atoms with Crippen molar-refractivity contribution in [3.63, 3.8) is 0 Å². The molecule has 134 valence electrons. The molecule has 1 aromatic rings. The van der Waals surface area contributed by atoms with Crippen LogP contribution in [0.3, 0.4) is 0 Å². The normalized spacial score (nSPS) is 18.7. The Bertz CT molecular complexity index is 551. The third-order valence-electron chi connectivity index (χ3n) is 3.99. The maximum absolute atomic E-state index is 12.4. The van der Waals surface area contributed by atoms with Crippen LogP contribution in [0, 0.1) is 0 Å². The molecule has 1 fully saturated rings. The minimum Gasteiger partial charge on any atom is -0.444 e. The lowest BCUT2D eigenvalue weighted by Gasteiger charge is -2.38. The summed E-state index contributed by atoms with van der Waals surface area (Å²) in [5, 5.41) is 1.92. The van der Waals surface area contributed by atoms with Crippen molar-refractivity contribution in [3.8, 4) is 0 Å². The molecule has 1 aliphatic heterocycles. The second kappa shape index (κ2) is 8.12. The Labute approximate surface area is 148 Å². The number of likely N-dealkylation sites (N-methyl/N-ethyl adjacent to an activating group) is 1. The number of Topliss-reactive ketones (excluding diaryl/α,β-unsaturated/α-hetero) is 1. The number of hydrogen-bond donors (Lipinski definition) is 0. The smallest absolute Gasteiger partial charge is 0.410 e. The lowest BCUT2D eigenvalue weighted by molar-refractivity contribution is 0.00639. The van der Waals surface area contributed by atoms with E-state index in [0.29, 0.717) is 13.1 Å². The van der Waals surface area contributed by atoms with Gasteiger partial charge in [-0.2, -0.15) is 0 Å². The maximum atomic E-state index is 12.4. The second-order valence-electron chi connectivity index (χ2n) is 7.42. The van der Waals surface area contributed by atoms with Crippen LogP contribution in [0.2, 0.25) is 0 Å². The lowest BCUT2D eigenvalue weighted by atomic mass is 10.0. The number of hydrogen-bond acceptors (Lipinski definition) is 5. The Kier molecular flexibility index (Phi) is 6.40. The average Bonchev–Trinajstić information content (AvgIpc) is 3.00. The number of rotatable bonds is 5. The van der Waals surface area contributed by atoms with Gasteiger partial charge in [-0.15, -0.1) is 11.3 Å². The summed E-state index contributed by atoms with van der Waals surface area (Å²) in [5.41, 5.74) is -0.486. The predicted octanol–water partition coefficient (Wildman–Crippen LogP) is 3.65. The zero-order valence-electron chi connectivity index (χ0n) is 15.1. The van der Waals surface area contributed by atoms with Crippen molar-refractivity contribution in [1.82, 2.24) is 9.80 Å². The number of ketones is 1. The number of ether oxygens (including phenoxy) is 1. The third-order valence-corrected chi connectivity index (χ3v) is 4.90.